The topological polar surface area (TPSA) is 86.8 Å². The van der Waals surface area contributed by atoms with Crippen LogP contribution in [0.5, 0.6) is 0 Å². The van der Waals surface area contributed by atoms with E-state index in [1.165, 1.54) is 17.0 Å². The van der Waals surface area contributed by atoms with Crippen LogP contribution >= 0.6 is 34.8 Å². The Morgan fingerprint density at radius 2 is 1.49 bits per heavy atom. The first-order valence-corrected chi connectivity index (χ1v) is 17.7. The lowest BCUT2D eigenvalue weighted by atomic mass is 10.0. The Kier molecular flexibility index (Phi) is 12.4. The lowest BCUT2D eigenvalue weighted by Gasteiger charge is -2.34. The van der Waals surface area contributed by atoms with Gasteiger partial charge in [-0.3, -0.25) is 13.9 Å². The number of nitrogens with one attached hydrogen (secondary N) is 1. The van der Waals surface area contributed by atoms with Gasteiger partial charge in [0.2, 0.25) is 11.8 Å². The van der Waals surface area contributed by atoms with Crippen LogP contribution in [0.1, 0.15) is 36.1 Å². The average molecular weight is 715 g/mol. The third kappa shape index (κ3) is 9.51. The first kappa shape index (κ1) is 36.3. The van der Waals surface area contributed by atoms with Crippen LogP contribution in [0.15, 0.2) is 95.9 Å². The monoisotopic (exact) mass is 713 g/mol. The summed E-state index contributed by atoms with van der Waals surface area (Å²) >= 11 is 18.8. The van der Waals surface area contributed by atoms with Crippen molar-refractivity contribution in [3.05, 3.63) is 128 Å². The first-order chi connectivity index (χ1) is 22.3. The number of halogens is 3. The molecule has 0 bridgehead atoms. The van der Waals surface area contributed by atoms with Gasteiger partial charge in [0, 0.05) is 24.5 Å². The highest BCUT2D eigenvalue weighted by Gasteiger charge is 2.35. The lowest BCUT2D eigenvalue weighted by molar-refractivity contribution is -0.140. The van der Waals surface area contributed by atoms with Gasteiger partial charge in [-0.15, -0.1) is 0 Å². The third-order valence-corrected chi connectivity index (χ3v) is 10.4. The molecule has 0 fully saturated rings. The smallest absolute Gasteiger partial charge is 0.264 e. The second kappa shape index (κ2) is 16.0. The highest BCUT2D eigenvalue weighted by molar-refractivity contribution is 7.92. The van der Waals surface area contributed by atoms with Gasteiger partial charge in [0.25, 0.3) is 10.0 Å². The van der Waals surface area contributed by atoms with E-state index in [1.54, 1.807) is 55.5 Å². The molecule has 47 heavy (non-hydrogen) atoms. The van der Waals surface area contributed by atoms with Gasteiger partial charge in [0.15, 0.2) is 0 Å². The van der Waals surface area contributed by atoms with Gasteiger partial charge in [-0.1, -0.05) is 103 Å². The van der Waals surface area contributed by atoms with Crippen molar-refractivity contribution in [2.45, 2.75) is 51.6 Å². The molecule has 4 aromatic carbocycles. The quantitative estimate of drug-likeness (QED) is 0.153. The molecule has 2 amide bonds. The predicted molar refractivity (Wildman–Crippen MR) is 191 cm³/mol. The highest BCUT2D eigenvalue weighted by Crippen LogP contribution is 2.30. The van der Waals surface area contributed by atoms with Crippen molar-refractivity contribution in [2.24, 2.45) is 5.92 Å². The Balaban J connectivity index is 1.84. The fourth-order valence-corrected chi connectivity index (χ4v) is 7.09. The van der Waals surface area contributed by atoms with E-state index in [-0.39, 0.29) is 29.7 Å². The van der Waals surface area contributed by atoms with Gasteiger partial charge in [0.1, 0.15) is 12.6 Å². The third-order valence-electron chi connectivity index (χ3n) is 7.61. The standard InChI is InChI=1S/C36H38Cl3N3O4S/c1-24(2)21-40-36(44)34(20-27-8-6-5-7-9-27)41(22-28-12-16-31(38)32(39)19-28)35(43)23-42(33-17-13-29(37)18-26(33)4)47(45,46)30-14-10-25(3)11-15-30/h5-19,24,34H,20-23H2,1-4H3,(H,40,44)/t34-/m0/s1. The van der Waals surface area contributed by atoms with E-state index in [9.17, 15) is 18.0 Å². The number of aryl methyl sites for hydroxylation is 2. The maximum atomic E-state index is 14.6. The van der Waals surface area contributed by atoms with Crippen LogP contribution in [0.3, 0.4) is 0 Å². The maximum Gasteiger partial charge on any atom is 0.264 e. The molecule has 0 aliphatic carbocycles. The summed E-state index contributed by atoms with van der Waals surface area (Å²) in [4.78, 5) is 30.0. The Hall–Kier alpha value is -3.56. The van der Waals surface area contributed by atoms with Crippen LogP contribution in [-0.2, 0) is 32.6 Å². The minimum absolute atomic E-state index is 0.0248. The van der Waals surface area contributed by atoms with Gasteiger partial charge in [-0.25, -0.2) is 8.42 Å². The summed E-state index contributed by atoms with van der Waals surface area (Å²) in [7, 11) is -4.24. The van der Waals surface area contributed by atoms with E-state index in [0.717, 1.165) is 15.4 Å². The molecule has 7 nitrogen and oxygen atoms in total. The number of sulfonamides is 1. The molecule has 0 saturated carbocycles. The summed E-state index contributed by atoms with van der Waals surface area (Å²) in [6, 6.07) is 24.6. The molecule has 0 aromatic heterocycles. The molecule has 11 heteroatoms. The average Bonchev–Trinajstić information content (AvgIpc) is 3.03. The van der Waals surface area contributed by atoms with Crippen LogP contribution < -0.4 is 9.62 Å². The Morgan fingerprint density at radius 1 is 0.809 bits per heavy atom. The first-order valence-electron chi connectivity index (χ1n) is 15.2. The number of nitrogens with zero attached hydrogens (tertiary/aromatic N) is 2. The van der Waals surface area contributed by atoms with Crippen molar-refractivity contribution in [3.8, 4) is 0 Å². The van der Waals surface area contributed by atoms with Gasteiger partial charge < -0.3 is 10.2 Å². The minimum atomic E-state index is -4.24. The predicted octanol–water partition coefficient (Wildman–Crippen LogP) is 7.87. The van der Waals surface area contributed by atoms with E-state index in [2.05, 4.69) is 5.32 Å². The fraction of sp³-hybridized carbons (Fsp3) is 0.278. The molecule has 1 atom stereocenters. The Labute approximate surface area is 292 Å². The van der Waals surface area contributed by atoms with E-state index < -0.39 is 28.5 Å². The zero-order chi connectivity index (χ0) is 34.3. The van der Waals surface area contributed by atoms with Crippen molar-refractivity contribution in [1.29, 1.82) is 0 Å². The van der Waals surface area contributed by atoms with Crippen LogP contribution in [0, 0.1) is 19.8 Å². The summed E-state index contributed by atoms with van der Waals surface area (Å²) in [6.45, 7) is 7.34. The number of amides is 2. The number of anilines is 1. The van der Waals surface area contributed by atoms with Crippen molar-refractivity contribution < 1.29 is 18.0 Å². The van der Waals surface area contributed by atoms with Gasteiger partial charge >= 0.3 is 0 Å². The van der Waals surface area contributed by atoms with Gasteiger partial charge in [-0.2, -0.15) is 0 Å². The molecular weight excluding hydrogens is 677 g/mol. The van der Waals surface area contributed by atoms with Gasteiger partial charge in [-0.05, 0) is 78.9 Å². The largest absolute Gasteiger partial charge is 0.354 e. The van der Waals surface area contributed by atoms with Crippen LogP contribution in [0.2, 0.25) is 15.1 Å². The molecule has 0 heterocycles. The van der Waals surface area contributed by atoms with Gasteiger partial charge in [0.05, 0.1) is 20.6 Å². The summed E-state index contributed by atoms with van der Waals surface area (Å²) in [5.41, 5.74) is 3.20. The van der Waals surface area contributed by atoms with E-state index in [1.807, 2.05) is 51.1 Å². The number of carbonyl (C=O) groups is 2. The molecule has 0 aliphatic heterocycles. The second-order valence-corrected chi connectivity index (χ2v) is 15.0. The normalized spacial score (nSPS) is 12.1. The fourth-order valence-electron chi connectivity index (χ4n) is 5.06. The minimum Gasteiger partial charge on any atom is -0.354 e. The Bertz CT molecular complexity index is 1820. The second-order valence-electron chi connectivity index (χ2n) is 11.9. The van der Waals surface area contributed by atoms with E-state index in [4.69, 9.17) is 34.8 Å². The molecule has 4 aromatic rings. The maximum absolute atomic E-state index is 14.6. The van der Waals surface area contributed by atoms with Crippen molar-refractivity contribution in [2.75, 3.05) is 17.4 Å². The van der Waals surface area contributed by atoms with Crippen LogP contribution in [0.4, 0.5) is 5.69 Å². The molecule has 0 aliphatic rings. The van der Waals surface area contributed by atoms with Crippen LogP contribution in [-0.4, -0.2) is 44.3 Å². The number of benzene rings is 4. The number of carbonyl (C=O) groups excluding carboxylic acids is 2. The van der Waals surface area contributed by atoms with Crippen molar-refractivity contribution in [1.82, 2.24) is 10.2 Å². The SMILES string of the molecule is Cc1ccc(S(=O)(=O)N(CC(=O)N(Cc2ccc(Cl)c(Cl)c2)[C@@H](Cc2ccccc2)C(=O)NCC(C)C)c2ccc(Cl)cc2C)cc1. The highest BCUT2D eigenvalue weighted by atomic mass is 35.5. The van der Waals surface area contributed by atoms with E-state index >= 15 is 0 Å². The Morgan fingerprint density at radius 3 is 2.11 bits per heavy atom. The molecule has 1 N–H and O–H groups in total. The van der Waals surface area contributed by atoms with E-state index in [0.29, 0.717) is 38.4 Å². The molecule has 0 saturated heterocycles. The zero-order valence-corrected chi connectivity index (χ0v) is 29.8. The molecule has 0 radical (unpaired) electrons. The van der Waals surface area contributed by atoms with Crippen LogP contribution in [0.25, 0.3) is 0 Å². The molecule has 4 rings (SSSR count). The molecular formula is C36H38Cl3N3O4S. The number of rotatable bonds is 13. The molecule has 0 spiro atoms. The lowest BCUT2D eigenvalue weighted by Crippen LogP contribution is -2.53. The number of hydrogen-bond acceptors (Lipinski definition) is 4. The number of hydrogen-bond donors (Lipinski definition) is 1. The summed E-state index contributed by atoms with van der Waals surface area (Å²) < 4.78 is 29.6. The van der Waals surface area contributed by atoms with Crippen molar-refractivity contribution in [3.63, 3.8) is 0 Å². The molecule has 248 valence electrons. The van der Waals surface area contributed by atoms with Crippen molar-refractivity contribution >= 4 is 62.3 Å². The summed E-state index contributed by atoms with van der Waals surface area (Å²) in [5.74, 6) is -0.771. The summed E-state index contributed by atoms with van der Waals surface area (Å²) in [6.07, 6.45) is 0.197. The zero-order valence-electron chi connectivity index (χ0n) is 26.7. The summed E-state index contributed by atoms with van der Waals surface area (Å²) in [5, 5.41) is 4.04. The molecule has 0 unspecified atom stereocenters.